The molecule has 3 rings (SSSR count). The quantitative estimate of drug-likeness (QED) is 0.249. The van der Waals surface area contributed by atoms with Gasteiger partial charge in [-0.2, -0.15) is 0 Å². The van der Waals surface area contributed by atoms with Gasteiger partial charge in [0.25, 0.3) is 0 Å². The van der Waals surface area contributed by atoms with Gasteiger partial charge >= 0.3 is 0 Å². The van der Waals surface area contributed by atoms with Crippen LogP contribution in [-0.2, 0) is 16.0 Å². The van der Waals surface area contributed by atoms with E-state index < -0.39 is 0 Å². The maximum atomic E-state index is 5.90. The van der Waals surface area contributed by atoms with E-state index in [1.54, 1.807) is 0 Å². The Hall–Kier alpha value is -1.32. The molecule has 0 spiro atoms. The lowest BCUT2D eigenvalue weighted by atomic mass is 10.2. The largest absolute Gasteiger partial charge is 0.379 e. The Labute approximate surface area is 185 Å². The highest BCUT2D eigenvalue weighted by atomic mass is 127. The molecule has 0 saturated carbocycles. The summed E-state index contributed by atoms with van der Waals surface area (Å²) in [6.07, 6.45) is 5.64. The number of nitrogens with zero attached hydrogens (tertiary/aromatic N) is 2. The normalized spacial score (nSPS) is 20.1. The smallest absolute Gasteiger partial charge is 0.191 e. The Morgan fingerprint density at radius 2 is 2.18 bits per heavy atom. The zero-order valence-electron chi connectivity index (χ0n) is 16.9. The standard InChI is InChI=1S/C21H32N4O2.HI/c1-3-22-21(24-17(2)15-27-20-9-12-26-16-20)23-14-18-7-6-8-19(13-18)25-10-4-5-11-25;/h4-8,13,17,20H,3,9-12,14-16H2,1-2H3,(H2,22,23,24);1H. The van der Waals surface area contributed by atoms with Crippen LogP contribution in [0, 0.1) is 0 Å². The van der Waals surface area contributed by atoms with E-state index in [0.717, 1.165) is 38.6 Å². The van der Waals surface area contributed by atoms with E-state index in [1.165, 1.54) is 11.3 Å². The lowest BCUT2D eigenvalue weighted by molar-refractivity contribution is 0.0347. The lowest BCUT2D eigenvalue weighted by Gasteiger charge is -2.20. The first-order chi connectivity index (χ1) is 13.2. The molecular weight excluding hydrogens is 467 g/mol. The number of aliphatic imine (C=N–C) groups is 1. The van der Waals surface area contributed by atoms with Crippen LogP contribution in [-0.4, -0.2) is 57.6 Å². The van der Waals surface area contributed by atoms with Crippen molar-refractivity contribution in [1.82, 2.24) is 10.6 Å². The van der Waals surface area contributed by atoms with Crippen LogP contribution in [0.3, 0.4) is 0 Å². The predicted octanol–water partition coefficient (Wildman–Crippen LogP) is 2.93. The molecule has 2 aliphatic rings. The van der Waals surface area contributed by atoms with Crippen molar-refractivity contribution < 1.29 is 9.47 Å². The van der Waals surface area contributed by atoms with E-state index in [2.05, 4.69) is 65.8 Å². The minimum atomic E-state index is 0. The van der Waals surface area contributed by atoms with Crippen molar-refractivity contribution in [3.8, 4) is 0 Å². The summed E-state index contributed by atoms with van der Waals surface area (Å²) < 4.78 is 11.3. The van der Waals surface area contributed by atoms with Crippen LogP contribution in [0.5, 0.6) is 0 Å². The van der Waals surface area contributed by atoms with E-state index in [-0.39, 0.29) is 36.1 Å². The number of hydrogen-bond donors (Lipinski definition) is 2. The molecule has 0 amide bonds. The van der Waals surface area contributed by atoms with E-state index >= 15 is 0 Å². The first kappa shape index (κ1) is 23.0. The summed E-state index contributed by atoms with van der Waals surface area (Å²) in [5, 5.41) is 6.75. The Balaban J connectivity index is 0.00000280. The SMILES string of the molecule is CCNC(=NCc1cccc(N2CC=CC2)c1)NC(C)COC1CCOC1.I. The summed E-state index contributed by atoms with van der Waals surface area (Å²) in [5.74, 6) is 0.824. The van der Waals surface area contributed by atoms with Crippen molar-refractivity contribution in [2.24, 2.45) is 4.99 Å². The van der Waals surface area contributed by atoms with Gasteiger partial charge in [0.15, 0.2) is 5.96 Å². The highest BCUT2D eigenvalue weighted by Crippen LogP contribution is 2.19. The van der Waals surface area contributed by atoms with Gasteiger partial charge in [-0.3, -0.25) is 0 Å². The predicted molar refractivity (Wildman–Crippen MR) is 126 cm³/mol. The van der Waals surface area contributed by atoms with E-state index in [1.807, 2.05) is 0 Å². The molecule has 2 aliphatic heterocycles. The molecule has 1 saturated heterocycles. The number of anilines is 1. The van der Waals surface area contributed by atoms with Crippen LogP contribution in [0.25, 0.3) is 0 Å². The Morgan fingerprint density at radius 1 is 1.36 bits per heavy atom. The van der Waals surface area contributed by atoms with Crippen LogP contribution >= 0.6 is 24.0 Å². The zero-order chi connectivity index (χ0) is 18.9. The monoisotopic (exact) mass is 500 g/mol. The minimum absolute atomic E-state index is 0. The molecular formula is C21H33IN4O2. The van der Waals surface area contributed by atoms with Gasteiger partial charge in [0.2, 0.25) is 0 Å². The molecule has 2 unspecified atom stereocenters. The Kier molecular flexibility index (Phi) is 10.1. The second kappa shape index (κ2) is 12.3. The number of hydrogen-bond acceptors (Lipinski definition) is 4. The molecule has 0 aliphatic carbocycles. The zero-order valence-corrected chi connectivity index (χ0v) is 19.2. The van der Waals surface area contributed by atoms with Crippen molar-refractivity contribution >= 4 is 35.6 Å². The van der Waals surface area contributed by atoms with Crippen LogP contribution in [0.2, 0.25) is 0 Å². The van der Waals surface area contributed by atoms with E-state index in [9.17, 15) is 0 Å². The second-order valence-corrected chi connectivity index (χ2v) is 7.11. The summed E-state index contributed by atoms with van der Waals surface area (Å²) >= 11 is 0. The fraction of sp³-hybridized carbons (Fsp3) is 0.571. The summed E-state index contributed by atoms with van der Waals surface area (Å²) in [5.41, 5.74) is 2.47. The summed E-state index contributed by atoms with van der Waals surface area (Å²) in [7, 11) is 0. The Bertz CT molecular complexity index is 639. The number of ether oxygens (including phenoxy) is 2. The molecule has 2 heterocycles. The molecule has 2 N–H and O–H groups in total. The molecule has 0 aromatic heterocycles. The maximum Gasteiger partial charge on any atom is 0.191 e. The Morgan fingerprint density at radius 3 is 2.89 bits per heavy atom. The summed E-state index contributed by atoms with van der Waals surface area (Å²) in [4.78, 5) is 7.10. The van der Waals surface area contributed by atoms with Crippen LogP contribution in [0.4, 0.5) is 5.69 Å². The van der Waals surface area contributed by atoms with Gasteiger partial charge in [-0.15, -0.1) is 24.0 Å². The average Bonchev–Trinajstić information content (AvgIpc) is 3.39. The third-order valence-electron chi connectivity index (χ3n) is 4.71. The molecule has 0 bridgehead atoms. The number of benzene rings is 1. The fourth-order valence-electron chi connectivity index (χ4n) is 3.23. The topological polar surface area (TPSA) is 58.1 Å². The van der Waals surface area contributed by atoms with Crippen molar-refractivity contribution in [3.05, 3.63) is 42.0 Å². The molecule has 7 heteroatoms. The van der Waals surface area contributed by atoms with Gasteiger partial charge in [0, 0.05) is 38.0 Å². The van der Waals surface area contributed by atoms with E-state index in [4.69, 9.17) is 14.5 Å². The van der Waals surface area contributed by atoms with Gasteiger partial charge in [0.1, 0.15) is 0 Å². The molecule has 1 aromatic carbocycles. The highest BCUT2D eigenvalue weighted by molar-refractivity contribution is 14.0. The highest BCUT2D eigenvalue weighted by Gasteiger charge is 2.17. The number of halogens is 1. The molecule has 156 valence electrons. The van der Waals surface area contributed by atoms with Crippen molar-refractivity contribution in [3.63, 3.8) is 0 Å². The van der Waals surface area contributed by atoms with Gasteiger partial charge in [-0.1, -0.05) is 24.3 Å². The van der Waals surface area contributed by atoms with Crippen LogP contribution in [0.15, 0.2) is 41.4 Å². The third-order valence-corrected chi connectivity index (χ3v) is 4.71. The van der Waals surface area contributed by atoms with E-state index in [0.29, 0.717) is 19.8 Å². The van der Waals surface area contributed by atoms with Crippen LogP contribution in [0.1, 0.15) is 25.8 Å². The number of nitrogens with one attached hydrogen (secondary N) is 2. The van der Waals surface area contributed by atoms with Crippen LogP contribution < -0.4 is 15.5 Å². The molecule has 28 heavy (non-hydrogen) atoms. The lowest BCUT2D eigenvalue weighted by Crippen LogP contribution is -2.44. The molecule has 1 fully saturated rings. The maximum absolute atomic E-state index is 5.90. The van der Waals surface area contributed by atoms with Crippen molar-refractivity contribution in [2.45, 2.75) is 39.0 Å². The molecule has 2 atom stereocenters. The minimum Gasteiger partial charge on any atom is -0.379 e. The number of guanidine groups is 1. The third kappa shape index (κ3) is 7.25. The number of rotatable bonds is 8. The average molecular weight is 500 g/mol. The van der Waals surface area contributed by atoms with Gasteiger partial charge in [-0.25, -0.2) is 4.99 Å². The summed E-state index contributed by atoms with van der Waals surface area (Å²) in [6.45, 7) is 9.81. The molecule has 0 radical (unpaired) electrons. The first-order valence-electron chi connectivity index (χ1n) is 9.97. The van der Waals surface area contributed by atoms with Crippen molar-refractivity contribution in [2.75, 3.05) is 44.4 Å². The molecule has 6 nitrogen and oxygen atoms in total. The van der Waals surface area contributed by atoms with Gasteiger partial charge in [-0.05, 0) is 38.0 Å². The fourth-order valence-corrected chi connectivity index (χ4v) is 3.23. The van der Waals surface area contributed by atoms with Gasteiger partial charge < -0.3 is 25.0 Å². The van der Waals surface area contributed by atoms with Crippen molar-refractivity contribution in [1.29, 1.82) is 0 Å². The first-order valence-corrected chi connectivity index (χ1v) is 9.97. The van der Waals surface area contributed by atoms with Gasteiger partial charge in [0.05, 0.1) is 25.9 Å². The molecule has 1 aromatic rings. The second-order valence-electron chi connectivity index (χ2n) is 7.11. The summed E-state index contributed by atoms with van der Waals surface area (Å²) in [6, 6.07) is 8.82.